The summed E-state index contributed by atoms with van der Waals surface area (Å²) in [6.07, 6.45) is 4.87. The summed E-state index contributed by atoms with van der Waals surface area (Å²) < 4.78 is 22.5. The molecule has 0 atom stereocenters. The minimum Gasteiger partial charge on any atom is -0.492 e. The lowest BCUT2D eigenvalue weighted by Gasteiger charge is -2.34. The molecule has 3 N–H and O–H groups in total. The van der Waals surface area contributed by atoms with Gasteiger partial charge in [0.2, 0.25) is 5.43 Å². The number of rotatable bonds is 5. The van der Waals surface area contributed by atoms with Gasteiger partial charge in [-0.1, -0.05) is 0 Å². The van der Waals surface area contributed by atoms with Crippen molar-refractivity contribution in [2.45, 2.75) is 31.7 Å². The Morgan fingerprint density at radius 3 is 2.54 bits per heavy atom. The van der Waals surface area contributed by atoms with Crippen molar-refractivity contribution in [1.29, 1.82) is 0 Å². The van der Waals surface area contributed by atoms with Gasteiger partial charge in [-0.3, -0.25) is 4.79 Å². The number of carboxylic acids is 1. The molecule has 2 fully saturated rings. The molecule has 7 nitrogen and oxygen atoms in total. The number of hydrogen-bond donors (Lipinski definition) is 2. The number of ether oxygens (including phenoxy) is 1. The number of nitrogens with two attached hydrogens (primary N) is 1. The number of methoxy groups -OCH3 is 1. The lowest BCUT2D eigenvalue weighted by molar-refractivity contribution is 0.0695. The zero-order chi connectivity index (χ0) is 20.0. The molecule has 1 aliphatic carbocycles. The fourth-order valence-corrected chi connectivity index (χ4v) is 4.12. The van der Waals surface area contributed by atoms with E-state index in [0.29, 0.717) is 42.5 Å². The molecule has 0 unspecified atom stereocenters. The molecular formula is C20H24FN3O4. The van der Waals surface area contributed by atoms with Gasteiger partial charge in [0.05, 0.1) is 18.0 Å². The average Bonchev–Trinajstić information content (AvgIpc) is 3.52. The van der Waals surface area contributed by atoms with Gasteiger partial charge < -0.3 is 25.0 Å². The van der Waals surface area contributed by atoms with Gasteiger partial charge >= 0.3 is 5.97 Å². The first-order chi connectivity index (χ1) is 13.5. The maximum absolute atomic E-state index is 15.1. The summed E-state index contributed by atoms with van der Waals surface area (Å²) in [7, 11) is 1.46. The van der Waals surface area contributed by atoms with Crippen LogP contribution in [0.5, 0.6) is 5.75 Å². The Labute approximate surface area is 161 Å². The number of fused-ring (bicyclic) bond motifs is 1. The van der Waals surface area contributed by atoms with Crippen molar-refractivity contribution in [2.75, 3.05) is 31.6 Å². The Kier molecular flexibility index (Phi) is 4.74. The van der Waals surface area contributed by atoms with Gasteiger partial charge in [-0.05, 0) is 44.2 Å². The molecule has 1 aromatic heterocycles. The van der Waals surface area contributed by atoms with Crippen molar-refractivity contribution in [1.82, 2.24) is 4.57 Å². The molecule has 1 saturated carbocycles. The van der Waals surface area contributed by atoms with E-state index >= 15 is 4.39 Å². The van der Waals surface area contributed by atoms with E-state index in [1.807, 2.05) is 4.90 Å². The third-order valence-corrected chi connectivity index (χ3v) is 5.84. The Bertz CT molecular complexity index is 991. The number of pyridine rings is 1. The second-order valence-electron chi connectivity index (χ2n) is 7.62. The number of aromatic nitrogens is 1. The molecule has 4 rings (SSSR count). The van der Waals surface area contributed by atoms with Crippen molar-refractivity contribution in [3.05, 3.63) is 33.9 Å². The van der Waals surface area contributed by atoms with Gasteiger partial charge in [-0.2, -0.15) is 0 Å². The molecule has 8 heteroatoms. The first kappa shape index (κ1) is 18.7. The van der Waals surface area contributed by atoms with Crippen LogP contribution in [0.15, 0.2) is 17.1 Å². The van der Waals surface area contributed by atoms with Crippen molar-refractivity contribution < 1.29 is 19.0 Å². The van der Waals surface area contributed by atoms with E-state index in [0.717, 1.165) is 31.7 Å². The van der Waals surface area contributed by atoms with E-state index in [1.165, 1.54) is 13.3 Å². The molecule has 1 aromatic carbocycles. The molecular weight excluding hydrogens is 365 g/mol. The van der Waals surface area contributed by atoms with E-state index in [2.05, 4.69) is 0 Å². The largest absolute Gasteiger partial charge is 0.492 e. The number of carbonyl (C=O) groups is 1. The topological polar surface area (TPSA) is 97.8 Å². The molecule has 2 aliphatic rings. The van der Waals surface area contributed by atoms with Crippen LogP contribution >= 0.6 is 0 Å². The van der Waals surface area contributed by atoms with Crippen molar-refractivity contribution in [3.8, 4) is 5.75 Å². The number of anilines is 1. The third kappa shape index (κ3) is 3.01. The van der Waals surface area contributed by atoms with Crippen molar-refractivity contribution in [2.24, 2.45) is 11.7 Å². The van der Waals surface area contributed by atoms with E-state index in [1.54, 1.807) is 4.57 Å². The second kappa shape index (κ2) is 7.09. The fraction of sp³-hybridized carbons (Fsp3) is 0.500. The Morgan fingerprint density at radius 2 is 2.00 bits per heavy atom. The average molecular weight is 389 g/mol. The zero-order valence-corrected chi connectivity index (χ0v) is 15.8. The molecule has 1 aliphatic heterocycles. The predicted molar refractivity (Wildman–Crippen MR) is 104 cm³/mol. The van der Waals surface area contributed by atoms with E-state index in [-0.39, 0.29) is 17.0 Å². The Morgan fingerprint density at radius 1 is 1.32 bits per heavy atom. The number of halogens is 1. The standard InChI is InChI=1S/C20H24FN3O4/c1-28-19-16-13(18(25)14(20(26)27)10-24(16)12-2-3-12)8-15(21)17(19)23-6-4-11(9-22)5-7-23/h8,10-12H,2-7,9,22H2,1H3,(H,26,27). The highest BCUT2D eigenvalue weighted by atomic mass is 19.1. The molecule has 0 radical (unpaired) electrons. The summed E-state index contributed by atoms with van der Waals surface area (Å²) in [6.45, 7) is 1.92. The van der Waals surface area contributed by atoms with Crippen LogP contribution in [0.3, 0.4) is 0 Å². The molecule has 2 heterocycles. The lowest BCUT2D eigenvalue weighted by Crippen LogP contribution is -2.37. The predicted octanol–water partition coefficient (Wildman–Crippen LogP) is 2.36. The number of aromatic carboxylic acids is 1. The molecule has 1 saturated heterocycles. The highest BCUT2D eigenvalue weighted by molar-refractivity contribution is 5.97. The van der Waals surface area contributed by atoms with Gasteiger partial charge in [0.15, 0.2) is 11.6 Å². The van der Waals surface area contributed by atoms with Crippen molar-refractivity contribution >= 4 is 22.6 Å². The van der Waals surface area contributed by atoms with Gasteiger partial charge in [-0.25, -0.2) is 9.18 Å². The molecule has 0 bridgehead atoms. The van der Waals surface area contributed by atoms with Crippen LogP contribution in [-0.2, 0) is 0 Å². The number of nitrogens with zero attached hydrogens (tertiary/aromatic N) is 2. The summed E-state index contributed by atoms with van der Waals surface area (Å²) in [5, 5.41) is 9.44. The first-order valence-electron chi connectivity index (χ1n) is 9.59. The summed E-state index contributed by atoms with van der Waals surface area (Å²) in [5.74, 6) is -1.16. The minimum atomic E-state index is -1.31. The smallest absolute Gasteiger partial charge is 0.341 e. The van der Waals surface area contributed by atoms with Gasteiger partial charge in [0.1, 0.15) is 11.3 Å². The maximum Gasteiger partial charge on any atom is 0.341 e. The highest BCUT2D eigenvalue weighted by Gasteiger charge is 2.32. The molecule has 28 heavy (non-hydrogen) atoms. The minimum absolute atomic E-state index is 0.0433. The van der Waals surface area contributed by atoms with Crippen LogP contribution in [0, 0.1) is 11.7 Å². The molecule has 0 amide bonds. The second-order valence-corrected chi connectivity index (χ2v) is 7.62. The van der Waals surface area contributed by atoms with Crippen LogP contribution < -0.4 is 20.8 Å². The van der Waals surface area contributed by atoms with Gasteiger partial charge in [-0.15, -0.1) is 0 Å². The number of hydrogen-bond acceptors (Lipinski definition) is 5. The first-order valence-corrected chi connectivity index (χ1v) is 9.59. The maximum atomic E-state index is 15.1. The van der Waals surface area contributed by atoms with Crippen LogP contribution in [0.2, 0.25) is 0 Å². The summed E-state index contributed by atoms with van der Waals surface area (Å²) in [4.78, 5) is 26.2. The number of carboxylic acid groups (broad SMARTS) is 1. The van der Waals surface area contributed by atoms with Crippen molar-refractivity contribution in [3.63, 3.8) is 0 Å². The summed E-state index contributed by atoms with van der Waals surface area (Å²) in [5.41, 5.74) is 5.53. The SMILES string of the molecule is COc1c(N2CCC(CN)CC2)c(F)cc2c(=O)c(C(=O)O)cn(C3CC3)c12. The fourth-order valence-electron chi connectivity index (χ4n) is 4.12. The molecule has 2 aromatic rings. The van der Waals surface area contributed by atoms with Crippen LogP contribution in [0.4, 0.5) is 10.1 Å². The van der Waals surface area contributed by atoms with E-state index in [4.69, 9.17) is 10.5 Å². The lowest BCUT2D eigenvalue weighted by atomic mass is 9.96. The quantitative estimate of drug-likeness (QED) is 0.815. The van der Waals surface area contributed by atoms with Crippen LogP contribution in [0.1, 0.15) is 42.1 Å². The monoisotopic (exact) mass is 389 g/mol. The van der Waals surface area contributed by atoms with Gasteiger partial charge in [0, 0.05) is 25.3 Å². The summed E-state index contributed by atoms with van der Waals surface area (Å²) >= 11 is 0. The third-order valence-electron chi connectivity index (χ3n) is 5.84. The Balaban J connectivity index is 1.94. The van der Waals surface area contributed by atoms with Gasteiger partial charge in [0.25, 0.3) is 0 Å². The summed E-state index contributed by atoms with van der Waals surface area (Å²) in [6, 6.07) is 1.26. The molecule has 0 spiro atoms. The Hall–Kier alpha value is -2.61. The van der Waals surface area contributed by atoms with E-state index in [9.17, 15) is 14.7 Å². The molecule has 150 valence electrons. The van der Waals surface area contributed by atoms with Crippen LogP contribution in [-0.4, -0.2) is 42.4 Å². The number of piperidine rings is 1. The number of benzene rings is 1. The zero-order valence-electron chi connectivity index (χ0n) is 15.8. The van der Waals surface area contributed by atoms with Crippen LogP contribution in [0.25, 0.3) is 10.9 Å². The normalized spacial score (nSPS) is 17.9. The highest BCUT2D eigenvalue weighted by Crippen LogP contribution is 2.44. The van der Waals surface area contributed by atoms with E-state index < -0.39 is 17.2 Å².